The van der Waals surface area contributed by atoms with Gasteiger partial charge in [0.25, 0.3) is 0 Å². The average molecular weight is 147 g/mol. The number of carbonyl (C=O) groups excluding carboxylic acids is 1. The molecule has 0 aromatic rings. The highest BCUT2D eigenvalue weighted by atomic mass is 16.5. The second kappa shape index (κ2) is 6.55. The van der Waals surface area contributed by atoms with E-state index >= 15 is 0 Å². The van der Waals surface area contributed by atoms with Crippen LogP contribution in [0.4, 0.5) is 0 Å². The van der Waals surface area contributed by atoms with Gasteiger partial charge in [0.1, 0.15) is 0 Å². The van der Waals surface area contributed by atoms with Crippen molar-refractivity contribution in [1.29, 1.82) is 0 Å². The third-order valence-electron chi connectivity index (χ3n) is 1.09. The maximum atomic E-state index is 10.6. The van der Waals surface area contributed by atoms with Crippen LogP contribution in [0.1, 0.15) is 21.7 Å². The van der Waals surface area contributed by atoms with Crippen molar-refractivity contribution >= 4 is 5.91 Å². The van der Waals surface area contributed by atoms with E-state index in [1.54, 1.807) is 0 Å². The normalized spacial score (nSPS) is 9.40. The Hall–Kier alpha value is -0.570. The van der Waals surface area contributed by atoms with Crippen LogP contribution in [-0.2, 0) is 9.53 Å². The second-order valence-corrected chi connectivity index (χ2v) is 1.90. The molecular weight excluding hydrogens is 130 g/mol. The minimum atomic E-state index is 0. The summed E-state index contributed by atoms with van der Waals surface area (Å²) >= 11 is 0. The minimum Gasteiger partial charge on any atom is -0.380 e. The van der Waals surface area contributed by atoms with Gasteiger partial charge >= 0.3 is 0 Å². The third kappa shape index (κ3) is 5.56. The molecule has 0 rings (SSSR count). The van der Waals surface area contributed by atoms with Crippen molar-refractivity contribution in [3.63, 3.8) is 0 Å². The lowest BCUT2D eigenvalue weighted by atomic mass is 10.4. The molecule has 0 fully saturated rings. The molecule has 1 amide bonds. The molecule has 1 N–H and O–H groups in total. The summed E-state index contributed by atoms with van der Waals surface area (Å²) in [4.78, 5) is 10.6. The van der Waals surface area contributed by atoms with Crippen LogP contribution in [0, 0.1) is 0 Å². The lowest BCUT2D eigenvalue weighted by Crippen LogP contribution is -2.26. The average Bonchev–Trinajstić information content (AvgIpc) is 1.98. The number of carbonyl (C=O) groups is 1. The molecule has 0 atom stereocenters. The van der Waals surface area contributed by atoms with Crippen molar-refractivity contribution in [3.05, 3.63) is 0 Å². The first-order chi connectivity index (χ1) is 4.81. The first kappa shape index (κ1) is 9.43. The van der Waals surface area contributed by atoms with Crippen molar-refractivity contribution in [3.8, 4) is 0 Å². The van der Waals surface area contributed by atoms with Gasteiger partial charge in [-0.25, -0.2) is 0 Å². The molecule has 0 aliphatic carbocycles. The van der Waals surface area contributed by atoms with E-state index < -0.39 is 0 Å². The smallest absolute Gasteiger partial charge is 0.219 e. The lowest BCUT2D eigenvalue weighted by molar-refractivity contribution is -0.121. The van der Waals surface area contributed by atoms with Gasteiger partial charge in [0, 0.05) is 21.0 Å². The van der Waals surface area contributed by atoms with Crippen LogP contribution < -0.4 is 5.32 Å². The van der Waals surface area contributed by atoms with E-state index in [2.05, 4.69) is 5.32 Å². The Morgan fingerprint density at radius 3 is 2.80 bits per heavy atom. The van der Waals surface area contributed by atoms with Gasteiger partial charge in [-0.1, -0.05) is 6.92 Å². The van der Waals surface area contributed by atoms with Crippen LogP contribution in [0.5, 0.6) is 0 Å². The summed E-state index contributed by atoms with van der Waals surface area (Å²) in [5, 5.41) is 2.70. The van der Waals surface area contributed by atoms with Crippen LogP contribution in [0.15, 0.2) is 0 Å². The molecule has 10 heavy (non-hydrogen) atoms. The van der Waals surface area contributed by atoms with E-state index in [-0.39, 0.29) is 7.33 Å². The fourth-order valence-electron chi connectivity index (χ4n) is 0.532. The number of nitrogens with one attached hydrogen (secondary N) is 1. The predicted octanol–water partition coefficient (Wildman–Crippen LogP) is 0.795. The van der Waals surface area contributed by atoms with Crippen LogP contribution in [0.25, 0.3) is 0 Å². The SMILES string of the molecule is CCOCCNC(=O)CC.[HH]. The Labute approximate surface area is 63.2 Å². The molecule has 3 heteroatoms. The highest BCUT2D eigenvalue weighted by molar-refractivity contribution is 5.75. The van der Waals surface area contributed by atoms with Crippen molar-refractivity contribution < 1.29 is 11.0 Å². The minimum absolute atomic E-state index is 0. The molecule has 0 aliphatic rings. The highest BCUT2D eigenvalue weighted by Gasteiger charge is 1.92. The van der Waals surface area contributed by atoms with E-state index in [1.165, 1.54) is 0 Å². The summed E-state index contributed by atoms with van der Waals surface area (Å²) in [5.74, 6) is 0.0831. The summed E-state index contributed by atoms with van der Waals surface area (Å²) < 4.78 is 5.01. The molecule has 0 radical (unpaired) electrons. The number of hydrogen-bond acceptors (Lipinski definition) is 2. The summed E-state index contributed by atoms with van der Waals surface area (Å²) in [6.45, 7) is 5.71. The van der Waals surface area contributed by atoms with E-state index in [0.29, 0.717) is 26.2 Å². The van der Waals surface area contributed by atoms with Gasteiger partial charge in [-0.05, 0) is 6.92 Å². The Kier molecular flexibility index (Phi) is 6.18. The van der Waals surface area contributed by atoms with Crippen LogP contribution in [0.2, 0.25) is 0 Å². The van der Waals surface area contributed by atoms with Gasteiger partial charge in [0.2, 0.25) is 5.91 Å². The summed E-state index contributed by atoms with van der Waals surface area (Å²) in [6.07, 6.45) is 0.548. The zero-order valence-corrected chi connectivity index (χ0v) is 6.64. The van der Waals surface area contributed by atoms with Crippen LogP contribution >= 0.6 is 0 Å². The van der Waals surface area contributed by atoms with E-state index in [4.69, 9.17) is 4.74 Å². The maximum Gasteiger partial charge on any atom is 0.219 e. The molecule has 0 saturated carbocycles. The number of ether oxygens (including phenoxy) is 1. The van der Waals surface area contributed by atoms with Crippen molar-refractivity contribution in [2.45, 2.75) is 20.3 Å². The lowest BCUT2D eigenvalue weighted by Gasteiger charge is -2.02. The molecule has 0 aliphatic heterocycles. The first-order valence-electron chi connectivity index (χ1n) is 3.65. The summed E-state index contributed by atoms with van der Waals surface area (Å²) in [7, 11) is 0. The first-order valence-corrected chi connectivity index (χ1v) is 3.65. The molecule has 0 unspecified atom stereocenters. The largest absolute Gasteiger partial charge is 0.380 e. The Balaban J connectivity index is 0. The van der Waals surface area contributed by atoms with Crippen molar-refractivity contribution in [2.75, 3.05) is 19.8 Å². The molecule has 3 nitrogen and oxygen atoms in total. The van der Waals surface area contributed by atoms with Gasteiger partial charge in [-0.3, -0.25) is 4.79 Å². The van der Waals surface area contributed by atoms with Crippen molar-refractivity contribution in [1.82, 2.24) is 5.32 Å². The molecule has 0 spiro atoms. The maximum absolute atomic E-state index is 10.6. The summed E-state index contributed by atoms with van der Waals surface area (Å²) in [5.41, 5.74) is 0. The Morgan fingerprint density at radius 2 is 2.30 bits per heavy atom. The standard InChI is InChI=1S/C7H15NO2.H2/c1-3-7(9)8-5-6-10-4-2;/h3-6H2,1-2H3,(H,8,9);1H. The third-order valence-corrected chi connectivity index (χ3v) is 1.09. The van der Waals surface area contributed by atoms with Crippen LogP contribution in [-0.4, -0.2) is 25.7 Å². The quantitative estimate of drug-likeness (QED) is 0.584. The van der Waals surface area contributed by atoms with E-state index in [1.807, 2.05) is 13.8 Å². The number of hydrogen-bond donors (Lipinski definition) is 1. The molecular formula is C7H17NO2. The van der Waals surface area contributed by atoms with E-state index in [9.17, 15) is 4.79 Å². The molecule has 0 heterocycles. The van der Waals surface area contributed by atoms with E-state index in [0.717, 1.165) is 0 Å². The monoisotopic (exact) mass is 147 g/mol. The van der Waals surface area contributed by atoms with Gasteiger partial charge < -0.3 is 10.1 Å². The summed E-state index contributed by atoms with van der Waals surface area (Å²) in [6, 6.07) is 0. The highest BCUT2D eigenvalue weighted by Crippen LogP contribution is 1.75. The second-order valence-electron chi connectivity index (χ2n) is 1.90. The Morgan fingerprint density at radius 1 is 1.60 bits per heavy atom. The van der Waals surface area contributed by atoms with Crippen molar-refractivity contribution in [2.24, 2.45) is 0 Å². The zero-order valence-electron chi connectivity index (χ0n) is 6.64. The van der Waals surface area contributed by atoms with Crippen LogP contribution in [0.3, 0.4) is 0 Å². The number of rotatable bonds is 5. The molecule has 0 saturated heterocycles. The van der Waals surface area contributed by atoms with Gasteiger partial charge in [0.15, 0.2) is 0 Å². The number of amides is 1. The predicted molar refractivity (Wildman–Crippen MR) is 41.9 cm³/mol. The molecule has 0 aromatic carbocycles. The molecule has 0 aromatic heterocycles. The zero-order chi connectivity index (χ0) is 7.82. The molecule has 62 valence electrons. The molecule has 0 bridgehead atoms. The van der Waals surface area contributed by atoms with Gasteiger partial charge in [0.05, 0.1) is 6.61 Å². The Bertz CT molecular complexity index is 98.4. The topological polar surface area (TPSA) is 38.3 Å². The van der Waals surface area contributed by atoms with Gasteiger partial charge in [-0.15, -0.1) is 0 Å². The fourth-order valence-corrected chi connectivity index (χ4v) is 0.532. The fraction of sp³-hybridized carbons (Fsp3) is 0.857. The van der Waals surface area contributed by atoms with Gasteiger partial charge in [-0.2, -0.15) is 0 Å².